The average molecular weight is 549 g/mol. The molecule has 4 aromatic rings. The number of amidine groups is 1. The van der Waals surface area contributed by atoms with Crippen molar-refractivity contribution in [2.24, 2.45) is 10.7 Å². The summed E-state index contributed by atoms with van der Waals surface area (Å²) >= 11 is 6.52. The lowest BCUT2D eigenvalue weighted by Gasteiger charge is -2.14. The molecule has 0 fully saturated rings. The van der Waals surface area contributed by atoms with Gasteiger partial charge in [0, 0.05) is 18.3 Å². The van der Waals surface area contributed by atoms with Crippen LogP contribution in [0.25, 0.3) is 16.6 Å². The number of anilines is 1. The highest BCUT2D eigenvalue weighted by molar-refractivity contribution is 7.92. The molecule has 0 radical (unpaired) electrons. The van der Waals surface area contributed by atoms with Gasteiger partial charge in [-0.15, -0.1) is 11.3 Å². The summed E-state index contributed by atoms with van der Waals surface area (Å²) in [7, 11) is -2.61. The fourth-order valence-electron chi connectivity index (χ4n) is 3.41. The van der Waals surface area contributed by atoms with Crippen LogP contribution in [0.15, 0.2) is 62.5 Å². The molecule has 186 valence electrons. The molecule has 0 aliphatic carbocycles. The number of fused-ring (bicyclic) bond motifs is 1. The number of benzene rings is 2. The zero-order valence-corrected chi connectivity index (χ0v) is 21.1. The highest BCUT2D eigenvalue weighted by Crippen LogP contribution is 2.25. The molecule has 14 heteroatoms. The maximum Gasteiger partial charge on any atom is 0.333 e. The molecule has 0 spiro atoms. The molecule has 0 aliphatic rings. The number of halogens is 2. The second-order valence-electron chi connectivity index (χ2n) is 7.42. The van der Waals surface area contributed by atoms with Gasteiger partial charge in [-0.3, -0.25) is 14.4 Å². The zero-order valence-electron chi connectivity index (χ0n) is 18.7. The molecule has 0 saturated heterocycles. The number of aryl methyl sites for hydroxylation is 1. The van der Waals surface area contributed by atoms with Crippen molar-refractivity contribution in [3.8, 4) is 5.69 Å². The van der Waals surface area contributed by atoms with Crippen LogP contribution in [-0.4, -0.2) is 36.9 Å². The number of amides is 2. The standard InChI is InChI=1S/C22H18ClFN6O4S2/c1-11-27-16-9-12(20(25)26-2)3-5-14(16)21(31)30(11)17-6-4-13(10-15(17)24)28-22(32)29-36(33,34)19-8-7-18(23)35-19/h3-10H,1-2H3,(H2,25,26)(H2,28,29,32). The maximum atomic E-state index is 15.0. The Bertz CT molecular complexity index is 1720. The van der Waals surface area contributed by atoms with Crippen LogP contribution in [0.1, 0.15) is 11.4 Å². The van der Waals surface area contributed by atoms with Crippen LogP contribution in [0.5, 0.6) is 0 Å². The molecular formula is C22H18ClFN6O4S2. The first-order chi connectivity index (χ1) is 17.0. The molecule has 2 aromatic carbocycles. The first kappa shape index (κ1) is 25.3. The van der Waals surface area contributed by atoms with E-state index >= 15 is 4.39 Å². The Morgan fingerprint density at radius 2 is 1.94 bits per heavy atom. The van der Waals surface area contributed by atoms with E-state index in [1.807, 2.05) is 4.72 Å². The minimum absolute atomic E-state index is 0.0356. The van der Waals surface area contributed by atoms with Gasteiger partial charge in [-0.25, -0.2) is 27.3 Å². The van der Waals surface area contributed by atoms with Gasteiger partial charge in [0.25, 0.3) is 15.6 Å². The Kier molecular flexibility index (Phi) is 6.80. The quantitative estimate of drug-likeness (QED) is 0.257. The Hall–Kier alpha value is -3.81. The minimum atomic E-state index is -4.15. The van der Waals surface area contributed by atoms with Crippen molar-refractivity contribution >= 4 is 61.4 Å². The number of nitrogens with zero attached hydrogens (tertiary/aromatic N) is 3. The van der Waals surface area contributed by atoms with Gasteiger partial charge < -0.3 is 11.1 Å². The topological polar surface area (TPSA) is 149 Å². The van der Waals surface area contributed by atoms with Crippen LogP contribution in [-0.2, 0) is 10.0 Å². The van der Waals surface area contributed by atoms with Gasteiger partial charge >= 0.3 is 6.03 Å². The number of rotatable bonds is 5. The molecule has 0 atom stereocenters. The summed E-state index contributed by atoms with van der Waals surface area (Å²) in [6.07, 6.45) is 0. The summed E-state index contributed by atoms with van der Waals surface area (Å²) in [6, 6.07) is 9.87. The molecule has 10 nitrogen and oxygen atoms in total. The number of nitrogens with one attached hydrogen (secondary N) is 2. The lowest BCUT2D eigenvalue weighted by atomic mass is 10.1. The highest BCUT2D eigenvalue weighted by Gasteiger charge is 2.20. The van der Waals surface area contributed by atoms with E-state index in [0.717, 1.165) is 22.0 Å². The Morgan fingerprint density at radius 1 is 1.19 bits per heavy atom. The van der Waals surface area contributed by atoms with Crippen molar-refractivity contribution in [1.29, 1.82) is 0 Å². The van der Waals surface area contributed by atoms with Crippen molar-refractivity contribution in [2.45, 2.75) is 11.1 Å². The second kappa shape index (κ2) is 9.68. The zero-order chi connectivity index (χ0) is 26.2. The molecule has 2 aromatic heterocycles. The summed E-state index contributed by atoms with van der Waals surface area (Å²) < 4.78 is 42.6. The Labute approximate surface area is 213 Å². The third kappa shape index (κ3) is 4.94. The van der Waals surface area contributed by atoms with E-state index in [4.69, 9.17) is 17.3 Å². The summed E-state index contributed by atoms with van der Waals surface area (Å²) in [4.78, 5) is 33.7. The van der Waals surface area contributed by atoms with Gasteiger partial charge in [-0.05, 0) is 49.4 Å². The number of aromatic nitrogens is 2. The van der Waals surface area contributed by atoms with Crippen LogP contribution in [0.3, 0.4) is 0 Å². The van der Waals surface area contributed by atoms with Gasteiger partial charge in [-0.1, -0.05) is 17.7 Å². The molecule has 2 amide bonds. The van der Waals surface area contributed by atoms with E-state index in [1.165, 1.54) is 30.3 Å². The molecule has 2 heterocycles. The van der Waals surface area contributed by atoms with Gasteiger partial charge in [0.1, 0.15) is 21.7 Å². The predicted molar refractivity (Wildman–Crippen MR) is 137 cm³/mol. The second-order valence-corrected chi connectivity index (χ2v) is 11.0. The summed E-state index contributed by atoms with van der Waals surface area (Å²) in [5.74, 6) is -0.341. The van der Waals surface area contributed by atoms with E-state index in [0.29, 0.717) is 11.1 Å². The minimum Gasteiger partial charge on any atom is -0.384 e. The van der Waals surface area contributed by atoms with E-state index in [9.17, 15) is 18.0 Å². The number of hydrogen-bond acceptors (Lipinski definition) is 7. The van der Waals surface area contributed by atoms with Crippen LogP contribution >= 0.6 is 22.9 Å². The summed E-state index contributed by atoms with van der Waals surface area (Å²) in [5, 5.41) is 2.50. The van der Waals surface area contributed by atoms with Gasteiger partial charge in [0.2, 0.25) is 0 Å². The number of hydrogen-bond donors (Lipinski definition) is 3. The number of carbonyl (C=O) groups is 1. The van der Waals surface area contributed by atoms with Crippen molar-refractivity contribution in [3.63, 3.8) is 0 Å². The molecule has 36 heavy (non-hydrogen) atoms. The molecule has 0 bridgehead atoms. The molecule has 0 aliphatic heterocycles. The normalized spacial score (nSPS) is 12.1. The van der Waals surface area contributed by atoms with E-state index < -0.39 is 27.4 Å². The van der Waals surface area contributed by atoms with Crippen molar-refractivity contribution in [2.75, 3.05) is 12.4 Å². The maximum absolute atomic E-state index is 15.0. The van der Waals surface area contributed by atoms with E-state index in [2.05, 4.69) is 15.3 Å². The van der Waals surface area contributed by atoms with Crippen LogP contribution in [0.4, 0.5) is 14.9 Å². The van der Waals surface area contributed by atoms with Gasteiger partial charge in [-0.2, -0.15) is 0 Å². The predicted octanol–water partition coefficient (Wildman–Crippen LogP) is 3.39. The van der Waals surface area contributed by atoms with E-state index in [1.54, 1.807) is 26.1 Å². The summed E-state index contributed by atoms with van der Waals surface area (Å²) in [6.45, 7) is 1.55. The first-order valence-electron chi connectivity index (χ1n) is 10.2. The van der Waals surface area contributed by atoms with Crippen LogP contribution < -0.4 is 21.3 Å². The largest absolute Gasteiger partial charge is 0.384 e. The highest BCUT2D eigenvalue weighted by atomic mass is 35.5. The molecular weight excluding hydrogens is 531 g/mol. The average Bonchev–Trinajstić information content (AvgIpc) is 3.26. The van der Waals surface area contributed by atoms with Crippen LogP contribution in [0, 0.1) is 12.7 Å². The fraction of sp³-hybridized carbons (Fsp3) is 0.0909. The monoisotopic (exact) mass is 548 g/mol. The third-order valence-corrected chi connectivity index (χ3v) is 8.11. The number of urea groups is 1. The van der Waals surface area contributed by atoms with Crippen LogP contribution in [0.2, 0.25) is 4.34 Å². The number of aliphatic imine (C=N–C) groups is 1. The number of thiophene rings is 1. The van der Waals surface area contributed by atoms with Gasteiger partial charge in [0.15, 0.2) is 0 Å². The summed E-state index contributed by atoms with van der Waals surface area (Å²) in [5.41, 5.74) is 6.16. The SMILES string of the molecule is CN=C(N)c1ccc2c(=O)n(-c3ccc(NC(=O)NS(=O)(=O)c4ccc(Cl)s4)cc3F)c(C)nc2c1. The molecule has 4 rings (SSSR count). The molecule has 0 unspecified atom stereocenters. The van der Waals surface area contributed by atoms with Gasteiger partial charge in [0.05, 0.1) is 20.9 Å². The fourth-order valence-corrected chi connectivity index (χ4v) is 5.80. The first-order valence-corrected chi connectivity index (χ1v) is 12.8. The molecule has 0 saturated carbocycles. The van der Waals surface area contributed by atoms with Crippen molar-refractivity contribution < 1.29 is 17.6 Å². The number of sulfonamides is 1. The van der Waals surface area contributed by atoms with Crippen molar-refractivity contribution in [1.82, 2.24) is 14.3 Å². The number of nitrogens with two attached hydrogens (primary N) is 1. The third-order valence-electron chi connectivity index (χ3n) is 5.06. The molecule has 4 N–H and O–H groups in total. The van der Waals surface area contributed by atoms with Crippen molar-refractivity contribution in [3.05, 3.63) is 80.4 Å². The lowest BCUT2D eigenvalue weighted by molar-refractivity contribution is 0.256. The Morgan fingerprint density at radius 3 is 2.58 bits per heavy atom. The van der Waals surface area contributed by atoms with E-state index in [-0.39, 0.29) is 37.0 Å². The smallest absolute Gasteiger partial charge is 0.333 e. The lowest BCUT2D eigenvalue weighted by Crippen LogP contribution is -2.34. The number of carbonyl (C=O) groups excluding carboxylic acids is 1. The Balaban J connectivity index is 1.62.